The van der Waals surface area contributed by atoms with Gasteiger partial charge in [-0.05, 0) is 19.1 Å². The zero-order valence-corrected chi connectivity index (χ0v) is 20.5. The summed E-state index contributed by atoms with van der Waals surface area (Å²) in [6, 6.07) is 3.36. The van der Waals surface area contributed by atoms with Crippen molar-refractivity contribution in [3.05, 3.63) is 58.7 Å². The molecule has 2 amide bonds. The molecule has 0 spiro atoms. The molecule has 2 aromatic heterocycles. The molecule has 7 rings (SSSR count). The number of halogens is 4. The van der Waals surface area contributed by atoms with Crippen molar-refractivity contribution in [1.82, 2.24) is 14.9 Å². The zero-order chi connectivity index (χ0) is 28.4. The topological polar surface area (TPSA) is 137 Å². The van der Waals surface area contributed by atoms with Crippen molar-refractivity contribution in [2.75, 3.05) is 6.61 Å². The van der Waals surface area contributed by atoms with Gasteiger partial charge in [0.05, 0.1) is 46.0 Å². The van der Waals surface area contributed by atoms with Crippen LogP contribution < -0.4 is 5.32 Å². The minimum Gasteiger partial charge on any atom is -0.394 e. The Labute approximate surface area is 220 Å². The highest BCUT2D eigenvalue weighted by atomic mass is 19.2. The van der Waals surface area contributed by atoms with Crippen LogP contribution in [-0.2, 0) is 4.74 Å². The Kier molecular flexibility index (Phi) is 5.00. The Morgan fingerprint density at radius 3 is 2.25 bits per heavy atom. The number of aliphatic hydroxyl groups excluding tert-OH is 2. The molecule has 1 fully saturated rings. The minimum absolute atomic E-state index is 0.00839. The van der Waals surface area contributed by atoms with Gasteiger partial charge in [0.15, 0.2) is 29.5 Å². The first-order valence-corrected chi connectivity index (χ1v) is 12.2. The zero-order valence-electron chi connectivity index (χ0n) is 20.5. The molecule has 1 saturated heterocycles. The summed E-state index contributed by atoms with van der Waals surface area (Å²) < 4.78 is 65.1. The fraction of sp³-hybridized carbons (Fsp3) is 0.259. The number of aromatic amines is 1. The van der Waals surface area contributed by atoms with Gasteiger partial charge in [-0.3, -0.25) is 14.9 Å². The number of hydrogen-bond acceptors (Lipinski definition) is 6. The summed E-state index contributed by atoms with van der Waals surface area (Å²) in [5, 5.41) is 34.2. The van der Waals surface area contributed by atoms with E-state index in [-0.39, 0.29) is 61.2 Å². The van der Waals surface area contributed by atoms with E-state index >= 15 is 0 Å². The summed E-state index contributed by atoms with van der Waals surface area (Å²) in [6.07, 6.45) is -4.34. The van der Waals surface area contributed by atoms with E-state index in [1.807, 2.05) is 0 Å². The number of aromatic nitrogens is 2. The van der Waals surface area contributed by atoms with Crippen LogP contribution in [0.25, 0.3) is 43.6 Å². The highest BCUT2D eigenvalue weighted by Crippen LogP contribution is 2.47. The molecule has 0 aliphatic carbocycles. The monoisotopic (exact) mass is 557 g/mol. The lowest BCUT2D eigenvalue weighted by atomic mass is 9.88. The van der Waals surface area contributed by atoms with E-state index < -0.39 is 65.7 Å². The quantitative estimate of drug-likeness (QED) is 0.167. The number of aliphatic hydroxyl groups is 3. The number of fused-ring (bicyclic) bond motifs is 10. The molecule has 0 radical (unpaired) electrons. The molecule has 5 aromatic rings. The minimum atomic E-state index is -1.81. The SMILES string of the molecule is C[C@]1(O)C[C@@H](CO)OC(n2c3cc(F)c(F)cc3c3c4c(c5c6cc(F)c(F)cc6[nH]c5c32)C(=O)NC4=O)[C@@H]1O. The first-order chi connectivity index (χ1) is 18.9. The first kappa shape index (κ1) is 25.0. The Morgan fingerprint density at radius 1 is 0.975 bits per heavy atom. The highest BCUT2D eigenvalue weighted by Gasteiger charge is 2.47. The smallest absolute Gasteiger partial charge is 0.259 e. The second-order valence-electron chi connectivity index (χ2n) is 10.4. The van der Waals surface area contributed by atoms with E-state index in [0.29, 0.717) is 0 Å². The number of ether oxygens (including phenoxy) is 1. The van der Waals surface area contributed by atoms with Gasteiger partial charge in [0, 0.05) is 45.6 Å². The number of hydrogen-bond donors (Lipinski definition) is 5. The molecule has 2 aliphatic heterocycles. The summed E-state index contributed by atoms with van der Waals surface area (Å²) in [5.74, 6) is -6.65. The number of amides is 2. The number of carbonyl (C=O) groups is 2. The number of carbonyl (C=O) groups excluding carboxylic acids is 2. The Balaban J connectivity index is 1.75. The average Bonchev–Trinajstić information content (AvgIpc) is 3.50. The van der Waals surface area contributed by atoms with Crippen LogP contribution in [0.1, 0.15) is 40.3 Å². The molecule has 4 heterocycles. The summed E-state index contributed by atoms with van der Waals surface area (Å²) in [7, 11) is 0. The van der Waals surface area contributed by atoms with Gasteiger partial charge in [-0.15, -0.1) is 0 Å². The Morgan fingerprint density at radius 2 is 1.57 bits per heavy atom. The van der Waals surface area contributed by atoms with Crippen LogP contribution in [0.15, 0.2) is 24.3 Å². The summed E-state index contributed by atoms with van der Waals surface area (Å²) in [5.41, 5.74) is -2.18. The van der Waals surface area contributed by atoms with Crippen molar-refractivity contribution in [2.45, 2.75) is 37.4 Å². The van der Waals surface area contributed by atoms with Crippen LogP contribution in [0.3, 0.4) is 0 Å². The molecule has 5 N–H and O–H groups in total. The second-order valence-corrected chi connectivity index (χ2v) is 10.4. The van der Waals surface area contributed by atoms with E-state index in [1.165, 1.54) is 11.5 Å². The number of benzene rings is 3. The fourth-order valence-electron chi connectivity index (χ4n) is 6.14. The van der Waals surface area contributed by atoms with E-state index in [1.54, 1.807) is 0 Å². The summed E-state index contributed by atoms with van der Waals surface area (Å²) in [6.45, 7) is 0.768. The lowest BCUT2D eigenvalue weighted by molar-refractivity contribution is -0.237. The molecule has 9 nitrogen and oxygen atoms in total. The van der Waals surface area contributed by atoms with Gasteiger partial charge in [-0.25, -0.2) is 17.6 Å². The molecule has 1 unspecified atom stereocenters. The van der Waals surface area contributed by atoms with Gasteiger partial charge < -0.3 is 29.6 Å². The van der Waals surface area contributed by atoms with Gasteiger partial charge in [0.1, 0.15) is 6.10 Å². The maximum Gasteiger partial charge on any atom is 0.259 e. The second kappa shape index (κ2) is 8.01. The standard InChI is InChI=1S/C27H19F4N3O6/c1-27(39)6-8(7-35)40-26(23(27)36)34-16-5-14(31)12(29)3-10(16)18-20-19(24(37)33-25(20)38)17-9-2-11(28)13(30)4-15(9)32-21(17)22(18)34/h2-5,8,23,26,32,35-36,39H,6-7H2,1H3,(H,33,37,38)/t8-,23-,26?,27-/m0/s1. The third kappa shape index (κ3) is 3.11. The van der Waals surface area contributed by atoms with E-state index in [9.17, 15) is 42.5 Å². The van der Waals surface area contributed by atoms with Crippen molar-refractivity contribution >= 4 is 55.4 Å². The Bertz CT molecular complexity index is 1980. The fourth-order valence-corrected chi connectivity index (χ4v) is 6.14. The van der Waals surface area contributed by atoms with Crippen LogP contribution in [0.2, 0.25) is 0 Å². The summed E-state index contributed by atoms with van der Waals surface area (Å²) >= 11 is 0. The lowest BCUT2D eigenvalue weighted by Crippen LogP contribution is -2.54. The Hall–Kier alpha value is -4.04. The number of rotatable bonds is 2. The predicted octanol–water partition coefficient (Wildman–Crippen LogP) is 3.26. The molecule has 4 atom stereocenters. The number of nitrogens with zero attached hydrogens (tertiary/aromatic N) is 1. The molecular formula is C27H19F4N3O6. The molecule has 0 bridgehead atoms. The summed E-state index contributed by atoms with van der Waals surface area (Å²) in [4.78, 5) is 29.1. The maximum absolute atomic E-state index is 14.7. The molecule has 206 valence electrons. The van der Waals surface area contributed by atoms with Crippen molar-refractivity contribution in [2.24, 2.45) is 0 Å². The third-order valence-corrected chi connectivity index (χ3v) is 7.89. The largest absolute Gasteiger partial charge is 0.394 e. The average molecular weight is 557 g/mol. The van der Waals surface area contributed by atoms with Crippen molar-refractivity contribution in [3.63, 3.8) is 0 Å². The van der Waals surface area contributed by atoms with Gasteiger partial charge >= 0.3 is 0 Å². The van der Waals surface area contributed by atoms with Crippen LogP contribution in [0, 0.1) is 23.3 Å². The predicted molar refractivity (Wildman–Crippen MR) is 133 cm³/mol. The van der Waals surface area contributed by atoms with Crippen LogP contribution in [0.4, 0.5) is 17.6 Å². The number of imide groups is 1. The van der Waals surface area contributed by atoms with Crippen LogP contribution in [0.5, 0.6) is 0 Å². The van der Waals surface area contributed by atoms with Crippen LogP contribution >= 0.6 is 0 Å². The lowest BCUT2D eigenvalue weighted by Gasteiger charge is -2.43. The number of H-pyrrole nitrogens is 1. The highest BCUT2D eigenvalue weighted by molar-refractivity contribution is 6.39. The third-order valence-electron chi connectivity index (χ3n) is 7.89. The first-order valence-electron chi connectivity index (χ1n) is 12.2. The van der Waals surface area contributed by atoms with Gasteiger partial charge in [0.2, 0.25) is 0 Å². The number of nitrogens with one attached hydrogen (secondary N) is 2. The van der Waals surface area contributed by atoms with Crippen molar-refractivity contribution < 1.29 is 47.2 Å². The molecule has 0 saturated carbocycles. The molecular weight excluding hydrogens is 538 g/mol. The van der Waals surface area contributed by atoms with Gasteiger partial charge in [0.25, 0.3) is 11.8 Å². The van der Waals surface area contributed by atoms with Gasteiger partial charge in [-0.1, -0.05) is 0 Å². The van der Waals surface area contributed by atoms with Gasteiger partial charge in [-0.2, -0.15) is 0 Å². The molecule has 3 aromatic carbocycles. The van der Waals surface area contributed by atoms with E-state index in [0.717, 1.165) is 24.3 Å². The maximum atomic E-state index is 14.7. The molecule has 2 aliphatic rings. The van der Waals surface area contributed by atoms with Crippen molar-refractivity contribution in [1.29, 1.82) is 0 Å². The van der Waals surface area contributed by atoms with Crippen molar-refractivity contribution in [3.8, 4) is 0 Å². The molecule has 40 heavy (non-hydrogen) atoms. The molecule has 13 heteroatoms. The normalized spacial score (nSPS) is 25.1. The van der Waals surface area contributed by atoms with E-state index in [2.05, 4.69) is 10.3 Å². The van der Waals surface area contributed by atoms with E-state index in [4.69, 9.17) is 4.74 Å². The van der Waals surface area contributed by atoms with Crippen LogP contribution in [-0.4, -0.2) is 61.1 Å².